The van der Waals surface area contributed by atoms with Crippen molar-refractivity contribution in [2.45, 2.75) is 38.6 Å². The predicted octanol–water partition coefficient (Wildman–Crippen LogP) is 3.35. The van der Waals surface area contributed by atoms with Crippen LogP contribution in [0.5, 0.6) is 0 Å². The number of rotatable bonds is 2. The number of pyridine rings is 1. The minimum Gasteiger partial charge on any atom is -0.430 e. The Morgan fingerprint density at radius 1 is 1.21 bits per heavy atom. The molecule has 0 radical (unpaired) electrons. The standard InChI is InChI=1S/C18H22N4O2/c1-11-4-6-12(7-5-11)22-10-20-15-14-13(21(2)3)8-9-19-17(14)24-16(15)18(22)23/h8-12H,4-7H2,1-3H3. The van der Waals surface area contributed by atoms with E-state index in [-0.39, 0.29) is 11.6 Å². The largest absolute Gasteiger partial charge is 0.430 e. The van der Waals surface area contributed by atoms with Crippen LogP contribution >= 0.6 is 0 Å². The number of nitrogens with zero attached hydrogens (tertiary/aromatic N) is 4. The molecular weight excluding hydrogens is 304 g/mol. The van der Waals surface area contributed by atoms with Crippen LogP contribution in [0.2, 0.25) is 0 Å². The van der Waals surface area contributed by atoms with Crippen LogP contribution in [0.25, 0.3) is 22.2 Å². The monoisotopic (exact) mass is 326 g/mol. The van der Waals surface area contributed by atoms with E-state index in [1.807, 2.05) is 25.1 Å². The molecule has 0 atom stereocenters. The topological polar surface area (TPSA) is 64.2 Å². The second-order valence-electron chi connectivity index (χ2n) is 7.06. The van der Waals surface area contributed by atoms with Crippen LogP contribution in [-0.4, -0.2) is 28.6 Å². The second kappa shape index (κ2) is 5.61. The van der Waals surface area contributed by atoms with Gasteiger partial charge in [-0.2, -0.15) is 0 Å². The van der Waals surface area contributed by atoms with Crippen molar-refractivity contribution in [2.24, 2.45) is 5.92 Å². The molecule has 24 heavy (non-hydrogen) atoms. The maximum atomic E-state index is 12.9. The molecule has 1 fully saturated rings. The zero-order chi connectivity index (χ0) is 16.8. The second-order valence-corrected chi connectivity index (χ2v) is 7.06. The molecule has 1 saturated carbocycles. The van der Waals surface area contributed by atoms with E-state index in [0.717, 1.165) is 42.7 Å². The lowest BCUT2D eigenvalue weighted by Crippen LogP contribution is -2.27. The van der Waals surface area contributed by atoms with Gasteiger partial charge in [0.15, 0.2) is 0 Å². The summed E-state index contributed by atoms with van der Waals surface area (Å²) in [5, 5.41) is 0.805. The highest BCUT2D eigenvalue weighted by Crippen LogP contribution is 2.33. The molecule has 6 nitrogen and oxygen atoms in total. The summed E-state index contributed by atoms with van der Waals surface area (Å²) in [5.41, 5.74) is 2.24. The molecular formula is C18H22N4O2. The zero-order valence-electron chi connectivity index (χ0n) is 14.3. The summed E-state index contributed by atoms with van der Waals surface area (Å²) in [4.78, 5) is 23.8. The van der Waals surface area contributed by atoms with Crippen molar-refractivity contribution in [2.75, 3.05) is 19.0 Å². The third kappa shape index (κ3) is 2.28. The summed E-state index contributed by atoms with van der Waals surface area (Å²) in [6.45, 7) is 2.27. The average molecular weight is 326 g/mol. The summed E-state index contributed by atoms with van der Waals surface area (Å²) in [7, 11) is 3.91. The Bertz CT molecular complexity index is 949. The lowest BCUT2D eigenvalue weighted by molar-refractivity contribution is 0.283. The molecule has 0 unspecified atom stereocenters. The van der Waals surface area contributed by atoms with Gasteiger partial charge in [0.1, 0.15) is 5.52 Å². The number of furan rings is 1. The summed E-state index contributed by atoms with van der Waals surface area (Å²) >= 11 is 0. The van der Waals surface area contributed by atoms with Crippen LogP contribution in [0, 0.1) is 5.92 Å². The fraction of sp³-hybridized carbons (Fsp3) is 0.500. The van der Waals surface area contributed by atoms with Gasteiger partial charge in [-0.05, 0) is 37.7 Å². The predicted molar refractivity (Wildman–Crippen MR) is 94.6 cm³/mol. The lowest BCUT2D eigenvalue weighted by Gasteiger charge is -2.27. The Morgan fingerprint density at radius 2 is 1.96 bits per heavy atom. The van der Waals surface area contributed by atoms with Gasteiger partial charge in [-0.1, -0.05) is 6.92 Å². The van der Waals surface area contributed by atoms with Gasteiger partial charge in [0, 0.05) is 26.3 Å². The Balaban J connectivity index is 1.90. The van der Waals surface area contributed by atoms with E-state index in [1.54, 1.807) is 17.1 Å². The lowest BCUT2D eigenvalue weighted by atomic mass is 9.87. The van der Waals surface area contributed by atoms with Crippen molar-refractivity contribution in [1.82, 2.24) is 14.5 Å². The van der Waals surface area contributed by atoms with Gasteiger partial charge in [0.2, 0.25) is 11.3 Å². The fourth-order valence-electron chi connectivity index (χ4n) is 3.70. The van der Waals surface area contributed by atoms with Crippen molar-refractivity contribution in [1.29, 1.82) is 0 Å². The fourth-order valence-corrected chi connectivity index (χ4v) is 3.70. The van der Waals surface area contributed by atoms with Crippen LogP contribution in [0.4, 0.5) is 5.69 Å². The minimum atomic E-state index is -0.0951. The van der Waals surface area contributed by atoms with Crippen LogP contribution in [0.15, 0.2) is 27.8 Å². The first-order valence-electron chi connectivity index (χ1n) is 8.52. The SMILES string of the molecule is CC1CCC(n2cnc3c(oc4nccc(N(C)C)c43)c2=O)CC1. The van der Waals surface area contributed by atoms with E-state index in [2.05, 4.69) is 16.9 Å². The summed E-state index contributed by atoms with van der Waals surface area (Å²) in [6, 6.07) is 2.13. The van der Waals surface area contributed by atoms with Gasteiger partial charge >= 0.3 is 0 Å². The highest BCUT2D eigenvalue weighted by Gasteiger charge is 2.24. The molecule has 0 amide bonds. The molecule has 0 N–H and O–H groups in total. The average Bonchev–Trinajstić information content (AvgIpc) is 2.96. The molecule has 3 aromatic rings. The third-order valence-electron chi connectivity index (χ3n) is 5.15. The van der Waals surface area contributed by atoms with E-state index in [4.69, 9.17) is 4.42 Å². The molecule has 0 saturated heterocycles. The van der Waals surface area contributed by atoms with E-state index in [1.165, 1.54) is 0 Å². The maximum Gasteiger partial charge on any atom is 0.297 e. The Morgan fingerprint density at radius 3 is 2.67 bits per heavy atom. The summed E-state index contributed by atoms with van der Waals surface area (Å²) < 4.78 is 7.55. The van der Waals surface area contributed by atoms with E-state index < -0.39 is 0 Å². The van der Waals surface area contributed by atoms with Crippen molar-refractivity contribution < 1.29 is 4.42 Å². The molecule has 0 bridgehead atoms. The Hall–Kier alpha value is -2.37. The van der Waals surface area contributed by atoms with E-state index >= 15 is 0 Å². The summed E-state index contributed by atoms with van der Waals surface area (Å²) in [6.07, 6.45) is 7.74. The van der Waals surface area contributed by atoms with E-state index in [0.29, 0.717) is 16.8 Å². The number of fused-ring (bicyclic) bond motifs is 3. The van der Waals surface area contributed by atoms with Gasteiger partial charge < -0.3 is 9.32 Å². The van der Waals surface area contributed by atoms with Crippen molar-refractivity contribution in [3.63, 3.8) is 0 Å². The Kier molecular flexibility index (Phi) is 3.55. The van der Waals surface area contributed by atoms with Crippen LogP contribution < -0.4 is 10.5 Å². The minimum absolute atomic E-state index is 0.0951. The van der Waals surface area contributed by atoms with E-state index in [9.17, 15) is 4.79 Å². The van der Waals surface area contributed by atoms with Crippen molar-refractivity contribution in [3.05, 3.63) is 28.9 Å². The van der Waals surface area contributed by atoms with Crippen molar-refractivity contribution in [3.8, 4) is 0 Å². The quantitative estimate of drug-likeness (QED) is 0.722. The van der Waals surface area contributed by atoms with Gasteiger partial charge in [-0.15, -0.1) is 0 Å². The van der Waals surface area contributed by atoms with Gasteiger partial charge in [0.25, 0.3) is 5.56 Å². The van der Waals surface area contributed by atoms with Crippen LogP contribution in [0.3, 0.4) is 0 Å². The molecule has 3 heterocycles. The molecule has 6 heteroatoms. The molecule has 3 aromatic heterocycles. The smallest absolute Gasteiger partial charge is 0.297 e. The zero-order valence-corrected chi connectivity index (χ0v) is 14.3. The van der Waals surface area contributed by atoms with Crippen LogP contribution in [0.1, 0.15) is 38.6 Å². The van der Waals surface area contributed by atoms with Gasteiger partial charge in [-0.3, -0.25) is 9.36 Å². The Labute approximate surface area is 140 Å². The molecule has 1 aliphatic carbocycles. The molecule has 0 spiro atoms. The molecule has 0 aliphatic heterocycles. The first kappa shape index (κ1) is 15.2. The highest BCUT2D eigenvalue weighted by atomic mass is 16.3. The van der Waals surface area contributed by atoms with Gasteiger partial charge in [-0.25, -0.2) is 9.97 Å². The third-order valence-corrected chi connectivity index (χ3v) is 5.15. The highest BCUT2D eigenvalue weighted by molar-refractivity contribution is 6.07. The van der Waals surface area contributed by atoms with Crippen LogP contribution in [-0.2, 0) is 0 Å². The molecule has 126 valence electrons. The molecule has 0 aromatic carbocycles. The normalized spacial score (nSPS) is 21.5. The first-order valence-corrected chi connectivity index (χ1v) is 8.52. The maximum absolute atomic E-state index is 12.9. The molecule has 1 aliphatic rings. The summed E-state index contributed by atoms with van der Waals surface area (Å²) in [5.74, 6) is 0.742. The number of hydrogen-bond donors (Lipinski definition) is 0. The number of anilines is 1. The number of hydrogen-bond acceptors (Lipinski definition) is 5. The van der Waals surface area contributed by atoms with Gasteiger partial charge in [0.05, 0.1) is 17.4 Å². The van der Waals surface area contributed by atoms with Crippen molar-refractivity contribution >= 4 is 27.9 Å². The molecule has 4 rings (SSSR count). The number of aromatic nitrogens is 3. The first-order chi connectivity index (χ1) is 11.6.